The Morgan fingerprint density at radius 1 is 1.33 bits per heavy atom. The second kappa shape index (κ2) is 3.55. The van der Waals surface area contributed by atoms with Crippen molar-refractivity contribution in [3.05, 3.63) is 16.8 Å². The van der Waals surface area contributed by atoms with Crippen LogP contribution in [0.4, 0.5) is 0 Å². The van der Waals surface area contributed by atoms with Crippen LogP contribution < -0.4 is 0 Å². The van der Waals surface area contributed by atoms with Crippen LogP contribution in [0.3, 0.4) is 0 Å². The number of aromatic nitrogens is 2. The van der Waals surface area contributed by atoms with Crippen LogP contribution in [-0.2, 0) is 0 Å². The first-order valence-corrected chi connectivity index (χ1v) is 4.71. The van der Waals surface area contributed by atoms with Crippen molar-refractivity contribution in [1.29, 1.82) is 5.26 Å². The van der Waals surface area contributed by atoms with Gasteiger partial charge in [0, 0.05) is 0 Å². The van der Waals surface area contributed by atoms with Crippen LogP contribution in [0.15, 0.2) is 5.03 Å². The SMILES string of the molecule is CSc1nnc(C)c(C)c1C#N. The van der Waals surface area contributed by atoms with Crippen LogP contribution in [0.25, 0.3) is 0 Å². The monoisotopic (exact) mass is 179 g/mol. The highest BCUT2D eigenvalue weighted by molar-refractivity contribution is 7.98. The Hall–Kier alpha value is -1.08. The van der Waals surface area contributed by atoms with Gasteiger partial charge in [-0.05, 0) is 25.7 Å². The third kappa shape index (κ3) is 1.41. The molecule has 0 fully saturated rings. The van der Waals surface area contributed by atoms with Crippen molar-refractivity contribution < 1.29 is 0 Å². The smallest absolute Gasteiger partial charge is 0.137 e. The minimum atomic E-state index is 0.648. The highest BCUT2D eigenvalue weighted by Crippen LogP contribution is 2.20. The maximum Gasteiger partial charge on any atom is 0.137 e. The molecule has 1 aromatic heterocycles. The molecule has 12 heavy (non-hydrogen) atoms. The molecule has 3 nitrogen and oxygen atoms in total. The molecule has 0 saturated carbocycles. The Bertz CT molecular complexity index is 341. The van der Waals surface area contributed by atoms with E-state index in [1.165, 1.54) is 11.8 Å². The summed E-state index contributed by atoms with van der Waals surface area (Å²) in [6.45, 7) is 3.75. The summed E-state index contributed by atoms with van der Waals surface area (Å²) in [7, 11) is 0. The topological polar surface area (TPSA) is 49.6 Å². The molecule has 0 aliphatic carbocycles. The van der Waals surface area contributed by atoms with Crippen LogP contribution in [0.5, 0.6) is 0 Å². The highest BCUT2D eigenvalue weighted by atomic mass is 32.2. The van der Waals surface area contributed by atoms with E-state index in [1.54, 1.807) is 0 Å². The second-order valence-electron chi connectivity index (χ2n) is 2.41. The van der Waals surface area contributed by atoms with E-state index in [4.69, 9.17) is 5.26 Å². The zero-order valence-corrected chi connectivity index (χ0v) is 8.07. The van der Waals surface area contributed by atoms with Crippen LogP contribution in [-0.4, -0.2) is 16.5 Å². The zero-order valence-electron chi connectivity index (χ0n) is 7.25. The maximum absolute atomic E-state index is 8.82. The summed E-state index contributed by atoms with van der Waals surface area (Å²) >= 11 is 1.45. The van der Waals surface area contributed by atoms with Crippen LogP contribution in [0.1, 0.15) is 16.8 Å². The molecule has 0 aromatic carbocycles. The van der Waals surface area contributed by atoms with Gasteiger partial charge in [0.25, 0.3) is 0 Å². The molecule has 1 rings (SSSR count). The summed E-state index contributed by atoms with van der Waals surface area (Å²) in [5, 5.41) is 17.4. The average Bonchev–Trinajstić information content (AvgIpc) is 2.09. The quantitative estimate of drug-likeness (QED) is 0.615. The number of thioether (sulfide) groups is 1. The zero-order chi connectivity index (χ0) is 9.14. The van der Waals surface area contributed by atoms with Gasteiger partial charge in [-0.2, -0.15) is 10.4 Å². The summed E-state index contributed by atoms with van der Waals surface area (Å²) in [6.07, 6.45) is 1.89. The summed E-state index contributed by atoms with van der Waals surface area (Å²) in [4.78, 5) is 0. The minimum Gasteiger partial charge on any atom is -0.192 e. The van der Waals surface area contributed by atoms with Gasteiger partial charge in [0.1, 0.15) is 11.1 Å². The fourth-order valence-corrected chi connectivity index (χ4v) is 1.39. The van der Waals surface area contributed by atoms with E-state index in [0.717, 1.165) is 11.3 Å². The Kier molecular flexibility index (Phi) is 2.66. The lowest BCUT2D eigenvalue weighted by Gasteiger charge is -2.03. The van der Waals surface area contributed by atoms with Crippen LogP contribution >= 0.6 is 11.8 Å². The van der Waals surface area contributed by atoms with Gasteiger partial charge in [-0.25, -0.2) is 0 Å². The number of hydrogen-bond donors (Lipinski definition) is 0. The summed E-state index contributed by atoms with van der Waals surface area (Å²) in [5.74, 6) is 0. The normalized spacial score (nSPS) is 9.50. The second-order valence-corrected chi connectivity index (χ2v) is 3.20. The molecular weight excluding hydrogens is 170 g/mol. The van der Waals surface area contributed by atoms with Gasteiger partial charge in [-0.15, -0.1) is 16.9 Å². The third-order valence-corrected chi connectivity index (χ3v) is 2.40. The summed E-state index contributed by atoms with van der Waals surface area (Å²) in [6, 6.07) is 2.13. The molecule has 1 aromatic rings. The van der Waals surface area contributed by atoms with Gasteiger partial charge < -0.3 is 0 Å². The third-order valence-electron chi connectivity index (χ3n) is 1.73. The minimum absolute atomic E-state index is 0.648. The van der Waals surface area contributed by atoms with Gasteiger partial charge >= 0.3 is 0 Å². The predicted octanol–water partition coefficient (Wildman–Crippen LogP) is 1.69. The molecule has 1 heterocycles. The lowest BCUT2D eigenvalue weighted by Crippen LogP contribution is -1.98. The number of nitriles is 1. The number of nitrogens with zero attached hydrogens (tertiary/aromatic N) is 3. The Balaban J connectivity index is 3.38. The maximum atomic E-state index is 8.82. The van der Waals surface area contributed by atoms with Gasteiger partial charge in [-0.3, -0.25) is 0 Å². The van der Waals surface area contributed by atoms with Gasteiger partial charge in [-0.1, -0.05) is 0 Å². The fourth-order valence-electron chi connectivity index (χ4n) is 0.861. The van der Waals surface area contributed by atoms with E-state index in [9.17, 15) is 0 Å². The molecule has 0 atom stereocenters. The van der Waals surface area contributed by atoms with Crippen molar-refractivity contribution in [1.82, 2.24) is 10.2 Å². The van der Waals surface area contributed by atoms with Crippen molar-refractivity contribution >= 4 is 11.8 Å². The molecule has 62 valence electrons. The summed E-state index contributed by atoms with van der Waals surface area (Å²) in [5.41, 5.74) is 2.40. The van der Waals surface area contributed by atoms with Gasteiger partial charge in [0.15, 0.2) is 0 Å². The van der Waals surface area contributed by atoms with Gasteiger partial charge in [0.05, 0.1) is 11.3 Å². The molecule has 0 bridgehead atoms. The molecule has 0 radical (unpaired) electrons. The average molecular weight is 179 g/mol. The fraction of sp³-hybridized carbons (Fsp3) is 0.375. The molecule has 0 unspecified atom stereocenters. The van der Waals surface area contributed by atoms with Crippen molar-refractivity contribution in [3.8, 4) is 6.07 Å². The molecule has 0 N–H and O–H groups in total. The molecule has 0 spiro atoms. The lowest BCUT2D eigenvalue weighted by molar-refractivity contribution is 0.872. The molecular formula is C8H9N3S. The number of hydrogen-bond acceptors (Lipinski definition) is 4. The first kappa shape index (κ1) is 9.01. The van der Waals surface area contributed by atoms with E-state index in [-0.39, 0.29) is 0 Å². The Labute approximate surface area is 75.8 Å². The predicted molar refractivity (Wildman–Crippen MR) is 48.0 cm³/mol. The van der Waals surface area contributed by atoms with Gasteiger partial charge in [0.2, 0.25) is 0 Å². The Morgan fingerprint density at radius 2 is 2.00 bits per heavy atom. The summed E-state index contributed by atoms with van der Waals surface area (Å²) < 4.78 is 0. The van der Waals surface area contributed by atoms with Crippen molar-refractivity contribution in [2.75, 3.05) is 6.26 Å². The molecule has 0 aliphatic heterocycles. The first-order valence-electron chi connectivity index (χ1n) is 3.48. The van der Waals surface area contributed by atoms with Crippen molar-refractivity contribution in [2.24, 2.45) is 0 Å². The van der Waals surface area contributed by atoms with E-state index >= 15 is 0 Å². The van der Waals surface area contributed by atoms with Crippen molar-refractivity contribution in [2.45, 2.75) is 18.9 Å². The number of rotatable bonds is 1. The molecule has 0 amide bonds. The van der Waals surface area contributed by atoms with Crippen LogP contribution in [0, 0.1) is 25.2 Å². The van der Waals surface area contributed by atoms with Crippen LogP contribution in [0.2, 0.25) is 0 Å². The van der Waals surface area contributed by atoms with E-state index in [1.807, 2.05) is 20.1 Å². The molecule has 0 aliphatic rings. The van der Waals surface area contributed by atoms with E-state index in [0.29, 0.717) is 10.6 Å². The van der Waals surface area contributed by atoms with E-state index in [2.05, 4.69) is 16.3 Å². The first-order chi connectivity index (χ1) is 5.70. The number of aryl methyl sites for hydroxylation is 1. The molecule has 0 saturated heterocycles. The van der Waals surface area contributed by atoms with E-state index < -0.39 is 0 Å². The standard InChI is InChI=1S/C8H9N3S/c1-5-6(2)10-11-8(12-3)7(5)4-9/h1-3H3. The lowest BCUT2D eigenvalue weighted by atomic mass is 10.1. The molecule has 4 heteroatoms. The Morgan fingerprint density at radius 3 is 2.50 bits per heavy atom. The highest BCUT2D eigenvalue weighted by Gasteiger charge is 2.08. The van der Waals surface area contributed by atoms with Crippen molar-refractivity contribution in [3.63, 3.8) is 0 Å². The largest absolute Gasteiger partial charge is 0.192 e.